The molecular weight excluding hydrogens is 658 g/mol. The standard InChI is InChI=1S/C43H55NO8/c1-19(2)31-35(47)29-28-22(25-17-38(4,5)52-39(6,7)30(25)34(28)46)16-23-24-15-21-11-12-27-40(8,42(21,10)36(24)44(31)32(23)29)13-14-43(50)41(27,9)18-26(51-43)33(45)20(3)37(48)49/h16-17,20-21,26-27,30-31,33-34,45-46,50H,1,11-15,18H2,2-10H3,(H,48,49)/t20?,21?,26?,27?,30?,31-,33?,34+,40-,41-,42?,43?/m0/s1. The van der Waals surface area contributed by atoms with Crippen molar-refractivity contribution in [3.63, 3.8) is 0 Å². The average molecular weight is 714 g/mol. The second-order valence-electron chi connectivity index (χ2n) is 19.6. The molecule has 3 aliphatic heterocycles. The third-order valence-electron chi connectivity index (χ3n) is 16.1. The molecule has 280 valence electrons. The zero-order valence-electron chi connectivity index (χ0n) is 32.1. The van der Waals surface area contributed by atoms with Gasteiger partial charge in [-0.1, -0.05) is 32.9 Å². The van der Waals surface area contributed by atoms with Gasteiger partial charge in [-0.05, 0) is 120 Å². The van der Waals surface area contributed by atoms with E-state index in [9.17, 15) is 30.0 Å². The molecule has 0 amide bonds. The van der Waals surface area contributed by atoms with Gasteiger partial charge in [0.05, 0.1) is 46.5 Å². The smallest absolute Gasteiger partial charge is 0.308 e. The normalized spacial score (nSPS) is 42.8. The zero-order valence-corrected chi connectivity index (χ0v) is 32.1. The third kappa shape index (κ3) is 3.83. The maximum atomic E-state index is 14.9. The van der Waals surface area contributed by atoms with Gasteiger partial charge in [0, 0.05) is 39.8 Å². The molecule has 7 aliphatic rings. The first-order valence-electron chi connectivity index (χ1n) is 19.4. The Kier molecular flexibility index (Phi) is 6.76. The van der Waals surface area contributed by atoms with Gasteiger partial charge in [-0.25, -0.2) is 0 Å². The highest BCUT2D eigenvalue weighted by atomic mass is 16.6. The summed E-state index contributed by atoms with van der Waals surface area (Å²) in [5, 5.41) is 46.4. The van der Waals surface area contributed by atoms with Gasteiger partial charge in [-0.15, -0.1) is 0 Å². The lowest BCUT2D eigenvalue weighted by Crippen LogP contribution is -2.65. The van der Waals surface area contributed by atoms with Gasteiger partial charge in [-0.2, -0.15) is 0 Å². The van der Waals surface area contributed by atoms with Crippen LogP contribution in [0.25, 0.3) is 16.5 Å². The molecule has 0 spiro atoms. The lowest BCUT2D eigenvalue weighted by atomic mass is 9.40. The number of ketones is 1. The molecule has 2 aromatic rings. The zero-order chi connectivity index (χ0) is 37.6. The van der Waals surface area contributed by atoms with Crippen molar-refractivity contribution in [2.45, 2.75) is 148 Å². The molecule has 1 saturated heterocycles. The number of Topliss-reactive ketones (excluding diaryl/α,β-unsaturated/α-hetero) is 1. The molecule has 1 aromatic carbocycles. The minimum Gasteiger partial charge on any atom is -0.481 e. The Balaban J connectivity index is 1.24. The summed E-state index contributed by atoms with van der Waals surface area (Å²) in [6.07, 6.45) is 3.35. The maximum absolute atomic E-state index is 14.9. The number of fused-ring (bicyclic) bond motifs is 13. The van der Waals surface area contributed by atoms with Crippen molar-refractivity contribution < 1.29 is 39.5 Å². The summed E-state index contributed by atoms with van der Waals surface area (Å²) in [5.74, 6) is -3.58. The fraction of sp³-hybridized carbons (Fsp3) is 0.674. The average Bonchev–Trinajstić information content (AvgIpc) is 3.77. The molecule has 12 atom stereocenters. The van der Waals surface area contributed by atoms with E-state index >= 15 is 0 Å². The SMILES string of the molecule is C=C(C)[C@H]1C(=O)c2c3c(cc4c5c(n1c24)C1(C)C(CCC2[C@]4(C)CC(C(O)C(C)C(=O)O)OC4(O)CC[C@@]21C)C5)C1=CC(C)(C)OC(C)(C)C1[C@@H]3O. The van der Waals surface area contributed by atoms with Crippen LogP contribution in [0.4, 0.5) is 0 Å². The van der Waals surface area contributed by atoms with Gasteiger partial charge >= 0.3 is 5.97 Å². The van der Waals surface area contributed by atoms with Gasteiger partial charge in [-0.3, -0.25) is 9.59 Å². The Bertz CT molecular complexity index is 2060. The number of aliphatic hydroxyl groups excluding tert-OH is 2. The number of nitrogens with zero attached hydrogens (tertiary/aromatic N) is 1. The van der Waals surface area contributed by atoms with Gasteiger partial charge in [0.25, 0.3) is 0 Å². The number of rotatable bonds is 4. The molecule has 8 unspecified atom stereocenters. The van der Waals surface area contributed by atoms with E-state index in [1.165, 1.54) is 18.2 Å². The number of hydrogen-bond donors (Lipinski definition) is 4. The molecule has 2 saturated carbocycles. The lowest BCUT2D eigenvalue weighted by Gasteiger charge is -2.65. The Hall–Kier alpha value is -2.82. The van der Waals surface area contributed by atoms with Crippen LogP contribution in [0.2, 0.25) is 0 Å². The monoisotopic (exact) mass is 713 g/mol. The van der Waals surface area contributed by atoms with Gasteiger partial charge in [0.2, 0.25) is 0 Å². The van der Waals surface area contributed by atoms with Crippen LogP contribution in [0.5, 0.6) is 0 Å². The van der Waals surface area contributed by atoms with Crippen LogP contribution in [0, 0.1) is 34.5 Å². The Morgan fingerprint density at radius 1 is 1.08 bits per heavy atom. The molecular formula is C43H55NO8. The number of benzene rings is 1. The van der Waals surface area contributed by atoms with Gasteiger partial charge in [0.15, 0.2) is 11.6 Å². The number of aromatic nitrogens is 1. The van der Waals surface area contributed by atoms with Gasteiger partial charge in [0.1, 0.15) is 6.04 Å². The molecule has 4 N–H and O–H groups in total. The van der Waals surface area contributed by atoms with Crippen molar-refractivity contribution >= 4 is 28.2 Å². The molecule has 3 fully saturated rings. The van der Waals surface area contributed by atoms with Crippen LogP contribution in [0.3, 0.4) is 0 Å². The fourth-order valence-corrected chi connectivity index (χ4v) is 13.8. The van der Waals surface area contributed by atoms with Crippen molar-refractivity contribution in [1.29, 1.82) is 0 Å². The number of aliphatic hydroxyl groups is 3. The Labute approximate surface area is 306 Å². The van der Waals surface area contributed by atoms with E-state index in [1.807, 2.05) is 20.8 Å². The minimum absolute atomic E-state index is 0.00783. The van der Waals surface area contributed by atoms with Crippen LogP contribution >= 0.6 is 0 Å². The van der Waals surface area contributed by atoms with Crippen molar-refractivity contribution in [2.75, 3.05) is 0 Å². The molecule has 1 aromatic heterocycles. The number of carbonyl (C=O) groups is 2. The van der Waals surface area contributed by atoms with E-state index in [4.69, 9.17) is 9.47 Å². The summed E-state index contributed by atoms with van der Waals surface area (Å²) in [5.41, 5.74) is 4.93. The molecule has 0 bridgehead atoms. The van der Waals surface area contributed by atoms with Crippen LogP contribution in [-0.4, -0.2) is 65.9 Å². The van der Waals surface area contributed by atoms with Crippen molar-refractivity contribution in [2.24, 2.45) is 34.5 Å². The summed E-state index contributed by atoms with van der Waals surface area (Å²) in [6.45, 7) is 22.8. The minimum atomic E-state index is -1.48. The Morgan fingerprint density at radius 3 is 2.42 bits per heavy atom. The predicted octanol–water partition coefficient (Wildman–Crippen LogP) is 6.79. The van der Waals surface area contributed by atoms with E-state index in [2.05, 4.69) is 57.9 Å². The summed E-state index contributed by atoms with van der Waals surface area (Å²) in [4.78, 5) is 26.7. The quantitative estimate of drug-likeness (QED) is 0.254. The summed E-state index contributed by atoms with van der Waals surface area (Å²) in [7, 11) is 0. The molecule has 9 rings (SSSR count). The fourth-order valence-electron chi connectivity index (χ4n) is 13.8. The van der Waals surface area contributed by atoms with E-state index in [1.54, 1.807) is 0 Å². The number of carbonyl (C=O) groups excluding carboxylic acids is 1. The largest absolute Gasteiger partial charge is 0.481 e. The first-order chi connectivity index (χ1) is 24.0. The first-order valence-corrected chi connectivity index (χ1v) is 19.4. The molecule has 4 heterocycles. The van der Waals surface area contributed by atoms with E-state index in [-0.39, 0.29) is 28.4 Å². The highest BCUT2D eigenvalue weighted by Gasteiger charge is 2.74. The van der Waals surface area contributed by atoms with Crippen LogP contribution in [0.15, 0.2) is 24.3 Å². The highest BCUT2D eigenvalue weighted by Crippen LogP contribution is 2.74. The summed E-state index contributed by atoms with van der Waals surface area (Å²) < 4.78 is 15.2. The second kappa shape index (κ2) is 10.1. The predicted molar refractivity (Wildman–Crippen MR) is 196 cm³/mol. The number of carboxylic acids is 1. The number of hydrogen-bond acceptors (Lipinski definition) is 7. The van der Waals surface area contributed by atoms with E-state index in [0.717, 1.165) is 52.4 Å². The number of allylic oxidation sites excluding steroid dienone is 1. The molecule has 0 radical (unpaired) electrons. The molecule has 52 heavy (non-hydrogen) atoms. The van der Waals surface area contributed by atoms with Crippen molar-refractivity contribution in [1.82, 2.24) is 4.57 Å². The first kappa shape index (κ1) is 34.9. The summed E-state index contributed by atoms with van der Waals surface area (Å²) in [6, 6.07) is 1.69. The van der Waals surface area contributed by atoms with E-state index < -0.39 is 58.6 Å². The number of aliphatic carboxylic acids is 1. The van der Waals surface area contributed by atoms with Crippen LogP contribution in [-0.2, 0) is 26.1 Å². The third-order valence-corrected chi connectivity index (χ3v) is 16.1. The summed E-state index contributed by atoms with van der Waals surface area (Å²) >= 11 is 0. The van der Waals surface area contributed by atoms with Crippen LogP contribution < -0.4 is 0 Å². The number of carboxylic acid groups (broad SMARTS) is 1. The second-order valence-corrected chi connectivity index (χ2v) is 19.6. The maximum Gasteiger partial charge on any atom is 0.308 e. The molecule has 4 aliphatic carbocycles. The molecule has 9 nitrogen and oxygen atoms in total. The lowest BCUT2D eigenvalue weighted by molar-refractivity contribution is -0.301. The van der Waals surface area contributed by atoms with Crippen molar-refractivity contribution in [3.8, 4) is 0 Å². The number of ether oxygens (including phenoxy) is 2. The Morgan fingerprint density at radius 2 is 1.77 bits per heavy atom. The topological polar surface area (TPSA) is 138 Å². The van der Waals surface area contributed by atoms with Crippen molar-refractivity contribution in [3.05, 3.63) is 52.2 Å². The van der Waals surface area contributed by atoms with E-state index in [0.29, 0.717) is 30.7 Å². The highest BCUT2D eigenvalue weighted by molar-refractivity contribution is 6.18. The molecule has 9 heteroatoms. The van der Waals surface area contributed by atoms with Crippen LogP contribution in [0.1, 0.15) is 139 Å². The van der Waals surface area contributed by atoms with Gasteiger partial charge < -0.3 is 34.5 Å².